The number of carbonyl (C=O) groups is 2. The van der Waals surface area contributed by atoms with E-state index in [1.807, 2.05) is 6.07 Å². The number of para-hydroxylation sites is 1. The van der Waals surface area contributed by atoms with E-state index in [1.165, 1.54) is 19.2 Å². The molecule has 9 heteroatoms. The zero-order chi connectivity index (χ0) is 24.3. The van der Waals surface area contributed by atoms with Crippen molar-refractivity contribution in [2.24, 2.45) is 0 Å². The maximum Gasteiger partial charge on any atom is 0.416 e. The topological polar surface area (TPSA) is 67.9 Å². The van der Waals surface area contributed by atoms with Crippen LogP contribution in [0, 0.1) is 0 Å². The van der Waals surface area contributed by atoms with E-state index in [9.17, 15) is 22.8 Å². The summed E-state index contributed by atoms with van der Waals surface area (Å²) in [7, 11) is 1.31. The Balaban J connectivity index is 1.46. The molecule has 0 aromatic heterocycles. The Morgan fingerprint density at radius 1 is 1.00 bits per heavy atom. The van der Waals surface area contributed by atoms with Gasteiger partial charge in [-0.1, -0.05) is 24.3 Å². The second-order valence-electron chi connectivity index (χ2n) is 7.64. The third kappa shape index (κ3) is 4.98. The number of urea groups is 1. The van der Waals surface area contributed by atoms with E-state index in [4.69, 9.17) is 4.74 Å². The summed E-state index contributed by atoms with van der Waals surface area (Å²) in [6.07, 6.45) is -3.80. The van der Waals surface area contributed by atoms with Gasteiger partial charge in [-0.25, -0.2) is 9.59 Å². The summed E-state index contributed by atoms with van der Waals surface area (Å²) in [5.74, 6) is 0.177. The van der Waals surface area contributed by atoms with Crippen LogP contribution in [-0.2, 0) is 23.9 Å². The van der Waals surface area contributed by atoms with Crippen LogP contribution in [0.25, 0.3) is 0 Å². The van der Waals surface area contributed by atoms with Crippen LogP contribution in [0.15, 0.2) is 66.7 Å². The molecule has 1 aliphatic rings. The van der Waals surface area contributed by atoms with Crippen molar-refractivity contribution in [1.82, 2.24) is 5.32 Å². The Morgan fingerprint density at radius 3 is 2.35 bits per heavy atom. The van der Waals surface area contributed by atoms with Gasteiger partial charge in [0.2, 0.25) is 0 Å². The van der Waals surface area contributed by atoms with Gasteiger partial charge in [-0.3, -0.25) is 4.90 Å². The van der Waals surface area contributed by atoms with Gasteiger partial charge < -0.3 is 14.8 Å². The van der Waals surface area contributed by atoms with Gasteiger partial charge in [0.25, 0.3) is 0 Å². The molecular weight excluding hydrogens is 449 g/mol. The highest BCUT2D eigenvalue weighted by atomic mass is 19.4. The van der Waals surface area contributed by atoms with Crippen molar-refractivity contribution in [3.05, 3.63) is 89.0 Å². The normalized spacial score (nSPS) is 12.8. The number of halogens is 3. The van der Waals surface area contributed by atoms with Crippen LogP contribution < -0.4 is 15.0 Å². The molecule has 176 valence electrons. The number of carbonyl (C=O) groups excluding carboxylic acids is 2. The van der Waals surface area contributed by atoms with Crippen molar-refractivity contribution in [2.75, 3.05) is 18.6 Å². The number of nitrogens with zero attached hydrogens (tertiary/aromatic N) is 1. The van der Waals surface area contributed by atoms with Crippen LogP contribution in [0.5, 0.6) is 11.5 Å². The third-order valence-corrected chi connectivity index (χ3v) is 5.43. The van der Waals surface area contributed by atoms with Gasteiger partial charge >= 0.3 is 18.2 Å². The Labute approximate surface area is 193 Å². The van der Waals surface area contributed by atoms with Crippen LogP contribution in [0.3, 0.4) is 0 Å². The fourth-order valence-corrected chi connectivity index (χ4v) is 3.69. The number of methoxy groups -OCH3 is 1. The van der Waals surface area contributed by atoms with Gasteiger partial charge in [0.1, 0.15) is 5.75 Å². The van der Waals surface area contributed by atoms with E-state index in [0.29, 0.717) is 30.0 Å². The molecule has 0 saturated heterocycles. The highest BCUT2D eigenvalue weighted by Crippen LogP contribution is 2.40. The van der Waals surface area contributed by atoms with Crippen molar-refractivity contribution in [2.45, 2.75) is 19.1 Å². The maximum absolute atomic E-state index is 12.9. The molecule has 0 atom stereocenters. The van der Waals surface area contributed by atoms with E-state index in [2.05, 4.69) is 10.1 Å². The van der Waals surface area contributed by atoms with E-state index in [-0.39, 0.29) is 18.3 Å². The number of esters is 1. The van der Waals surface area contributed by atoms with Gasteiger partial charge in [0, 0.05) is 13.1 Å². The Morgan fingerprint density at radius 2 is 1.71 bits per heavy atom. The maximum atomic E-state index is 12.9. The zero-order valence-electron chi connectivity index (χ0n) is 18.2. The smallest absolute Gasteiger partial charge is 0.416 e. The summed E-state index contributed by atoms with van der Waals surface area (Å²) >= 11 is 0. The Bertz CT molecular complexity index is 1190. The average molecular weight is 470 g/mol. The molecule has 3 aromatic carbocycles. The van der Waals surface area contributed by atoms with E-state index < -0.39 is 17.7 Å². The van der Waals surface area contributed by atoms with E-state index in [0.717, 1.165) is 23.3 Å². The van der Waals surface area contributed by atoms with Crippen LogP contribution in [0.2, 0.25) is 0 Å². The average Bonchev–Trinajstić information content (AvgIpc) is 3.27. The number of fused-ring (bicyclic) bond motifs is 1. The highest BCUT2D eigenvalue weighted by molar-refractivity contribution is 5.96. The van der Waals surface area contributed by atoms with Crippen molar-refractivity contribution >= 4 is 17.7 Å². The number of rotatable bonds is 5. The quantitative estimate of drug-likeness (QED) is 0.496. The van der Waals surface area contributed by atoms with Crippen LogP contribution >= 0.6 is 0 Å². The molecule has 2 amide bonds. The molecule has 0 spiro atoms. The molecule has 0 radical (unpaired) electrons. The first kappa shape index (κ1) is 23.2. The minimum atomic E-state index is -4.43. The number of nitrogens with one attached hydrogen (secondary N) is 1. The van der Waals surface area contributed by atoms with Crippen LogP contribution in [0.1, 0.15) is 27.0 Å². The lowest BCUT2D eigenvalue weighted by atomic mass is 10.1. The third-order valence-electron chi connectivity index (χ3n) is 5.43. The fourth-order valence-electron chi connectivity index (χ4n) is 3.69. The van der Waals surface area contributed by atoms with Crippen molar-refractivity contribution in [3.8, 4) is 11.5 Å². The number of amides is 2. The van der Waals surface area contributed by atoms with Gasteiger partial charge in [0.15, 0.2) is 5.75 Å². The molecule has 1 heterocycles. The number of alkyl halides is 3. The molecule has 34 heavy (non-hydrogen) atoms. The number of benzene rings is 3. The number of hydrogen-bond acceptors (Lipinski definition) is 4. The first-order chi connectivity index (χ1) is 16.3. The molecule has 1 N–H and O–H groups in total. The molecule has 0 fully saturated rings. The molecule has 0 aliphatic carbocycles. The number of hydrogen-bond donors (Lipinski definition) is 1. The molecule has 3 aromatic rings. The SMILES string of the molecule is COC(=O)c1ccc(CNC(=O)N2CCc3cccc(Oc4ccc(C(F)(F)F)cc4)c32)cc1. The summed E-state index contributed by atoms with van der Waals surface area (Å²) in [6, 6.07) is 16.1. The lowest BCUT2D eigenvalue weighted by molar-refractivity contribution is -0.137. The van der Waals surface area contributed by atoms with E-state index >= 15 is 0 Å². The first-order valence-electron chi connectivity index (χ1n) is 10.5. The minimum absolute atomic E-state index is 0.236. The second-order valence-corrected chi connectivity index (χ2v) is 7.64. The largest absolute Gasteiger partial charge is 0.465 e. The molecule has 1 aliphatic heterocycles. The number of anilines is 1. The van der Waals surface area contributed by atoms with Crippen LogP contribution in [-0.4, -0.2) is 25.7 Å². The Hall–Kier alpha value is -4.01. The molecule has 0 unspecified atom stereocenters. The van der Waals surface area contributed by atoms with E-state index in [1.54, 1.807) is 41.3 Å². The van der Waals surface area contributed by atoms with Gasteiger partial charge in [-0.2, -0.15) is 13.2 Å². The van der Waals surface area contributed by atoms with Gasteiger partial charge in [-0.05, 0) is 60.0 Å². The van der Waals surface area contributed by atoms with Crippen molar-refractivity contribution in [1.29, 1.82) is 0 Å². The van der Waals surface area contributed by atoms with Crippen LogP contribution in [0.4, 0.5) is 23.7 Å². The molecule has 4 rings (SSSR count). The molecule has 6 nitrogen and oxygen atoms in total. The zero-order valence-corrected chi connectivity index (χ0v) is 18.2. The summed E-state index contributed by atoms with van der Waals surface area (Å²) in [5.41, 5.74) is 1.94. The minimum Gasteiger partial charge on any atom is -0.465 e. The molecular formula is C25H21F3N2O4. The second kappa shape index (κ2) is 9.46. The standard InChI is InChI=1S/C25H21F3N2O4/c1-33-23(31)18-7-5-16(6-8-18)15-29-24(32)30-14-13-17-3-2-4-21(22(17)30)34-20-11-9-19(10-12-20)25(26,27)28/h2-12H,13-15H2,1H3,(H,29,32). The highest BCUT2D eigenvalue weighted by Gasteiger charge is 2.31. The number of ether oxygens (including phenoxy) is 2. The fraction of sp³-hybridized carbons (Fsp3) is 0.200. The predicted octanol–water partition coefficient (Wildman–Crippen LogP) is 5.56. The Kier molecular flexibility index (Phi) is 6.45. The van der Waals surface area contributed by atoms with Gasteiger partial charge in [-0.15, -0.1) is 0 Å². The van der Waals surface area contributed by atoms with Gasteiger partial charge in [0.05, 0.1) is 23.9 Å². The summed E-state index contributed by atoms with van der Waals surface area (Å²) in [6.45, 7) is 0.684. The predicted molar refractivity (Wildman–Crippen MR) is 119 cm³/mol. The lowest BCUT2D eigenvalue weighted by Crippen LogP contribution is -2.38. The molecule has 0 saturated carbocycles. The monoisotopic (exact) mass is 470 g/mol. The summed E-state index contributed by atoms with van der Waals surface area (Å²) in [4.78, 5) is 26.0. The first-order valence-corrected chi connectivity index (χ1v) is 10.5. The molecule has 0 bridgehead atoms. The summed E-state index contributed by atoms with van der Waals surface area (Å²) in [5, 5.41) is 2.85. The van der Waals surface area contributed by atoms with Crippen molar-refractivity contribution < 1.29 is 32.2 Å². The summed E-state index contributed by atoms with van der Waals surface area (Å²) < 4.78 is 49.0. The van der Waals surface area contributed by atoms with Crippen molar-refractivity contribution in [3.63, 3.8) is 0 Å². The lowest BCUT2D eigenvalue weighted by Gasteiger charge is -2.21.